The maximum Gasteiger partial charge on any atom is 0.229 e. The van der Waals surface area contributed by atoms with E-state index in [-0.39, 0.29) is 0 Å². The van der Waals surface area contributed by atoms with Crippen molar-refractivity contribution >= 4 is 0 Å². The van der Waals surface area contributed by atoms with Crippen LogP contribution in [0.2, 0.25) is 0 Å². The fraction of sp³-hybridized carbons (Fsp3) is 1.00. The molecule has 0 saturated carbocycles. The molecule has 3 nitrogen and oxygen atoms in total. The summed E-state index contributed by atoms with van der Waals surface area (Å²) >= 11 is 0. The molecule has 1 saturated heterocycles. The van der Waals surface area contributed by atoms with E-state index >= 15 is 0 Å². The zero-order valence-corrected chi connectivity index (χ0v) is 11.1. The molecule has 16 heavy (non-hydrogen) atoms. The van der Waals surface area contributed by atoms with Gasteiger partial charge >= 0.3 is 0 Å². The van der Waals surface area contributed by atoms with Crippen molar-refractivity contribution in [1.29, 1.82) is 0 Å². The van der Waals surface area contributed by atoms with Crippen molar-refractivity contribution in [3.8, 4) is 0 Å². The molecule has 1 rings (SSSR count). The summed E-state index contributed by atoms with van der Waals surface area (Å²) in [7, 11) is 0. The lowest BCUT2D eigenvalue weighted by Crippen LogP contribution is -2.49. The molecule has 0 spiro atoms. The van der Waals surface area contributed by atoms with Crippen molar-refractivity contribution in [2.45, 2.75) is 58.8 Å². The third-order valence-electron chi connectivity index (χ3n) is 2.96. The quantitative estimate of drug-likeness (QED) is 0.597. The second kappa shape index (κ2) is 7.25. The first-order valence-corrected chi connectivity index (χ1v) is 6.82. The average Bonchev–Trinajstić information content (AvgIpc) is 2.68. The first kappa shape index (κ1) is 13.9. The van der Waals surface area contributed by atoms with E-state index in [0.29, 0.717) is 0 Å². The number of nitrogens with zero attached hydrogens (tertiary/aromatic N) is 1. The highest BCUT2D eigenvalue weighted by Crippen LogP contribution is 2.32. The lowest BCUT2D eigenvalue weighted by atomic mass is 10.3. The van der Waals surface area contributed by atoms with Gasteiger partial charge < -0.3 is 9.47 Å². The molecule has 0 amide bonds. The van der Waals surface area contributed by atoms with E-state index in [4.69, 9.17) is 9.47 Å². The van der Waals surface area contributed by atoms with Crippen LogP contribution in [0.1, 0.15) is 52.9 Å². The van der Waals surface area contributed by atoms with Gasteiger partial charge in [0.2, 0.25) is 5.91 Å². The van der Waals surface area contributed by atoms with Gasteiger partial charge in [0.1, 0.15) is 0 Å². The smallest absolute Gasteiger partial charge is 0.229 e. The highest BCUT2D eigenvalue weighted by Gasteiger charge is 2.42. The Kier molecular flexibility index (Phi) is 6.32. The Morgan fingerprint density at radius 1 is 1.00 bits per heavy atom. The van der Waals surface area contributed by atoms with Crippen molar-refractivity contribution < 1.29 is 9.47 Å². The van der Waals surface area contributed by atoms with E-state index in [1.54, 1.807) is 0 Å². The van der Waals surface area contributed by atoms with E-state index in [1.165, 1.54) is 6.42 Å². The zero-order valence-electron chi connectivity index (χ0n) is 11.1. The first-order valence-electron chi connectivity index (χ1n) is 6.82. The molecule has 1 fully saturated rings. The van der Waals surface area contributed by atoms with Gasteiger partial charge in [0, 0.05) is 19.5 Å². The molecule has 3 heteroatoms. The predicted octanol–water partition coefficient (Wildman–Crippen LogP) is 3.00. The topological polar surface area (TPSA) is 21.7 Å². The van der Waals surface area contributed by atoms with Crippen LogP contribution in [-0.2, 0) is 9.47 Å². The first-order chi connectivity index (χ1) is 7.79. The predicted molar refractivity (Wildman–Crippen MR) is 66.3 cm³/mol. The summed E-state index contributed by atoms with van der Waals surface area (Å²) in [6, 6.07) is 0. The van der Waals surface area contributed by atoms with Crippen molar-refractivity contribution in [1.82, 2.24) is 4.90 Å². The van der Waals surface area contributed by atoms with Crippen LogP contribution in [0.5, 0.6) is 0 Å². The minimum atomic E-state index is -0.401. The van der Waals surface area contributed by atoms with Crippen LogP contribution in [0.25, 0.3) is 0 Å². The Hall–Kier alpha value is -0.120. The summed E-state index contributed by atoms with van der Waals surface area (Å²) in [6.45, 7) is 10.3. The van der Waals surface area contributed by atoms with Gasteiger partial charge in [-0.1, -0.05) is 20.8 Å². The third-order valence-corrected chi connectivity index (χ3v) is 2.96. The fourth-order valence-corrected chi connectivity index (χ4v) is 2.27. The standard InChI is InChI=1S/C13H27NO2/c1-4-9-14-10-7-8-13(14,15-11-5-2)16-12-6-3/h4-12H2,1-3H3. The van der Waals surface area contributed by atoms with E-state index in [9.17, 15) is 0 Å². The molecule has 0 aromatic carbocycles. The van der Waals surface area contributed by atoms with Gasteiger partial charge in [-0.3, -0.25) is 4.90 Å². The Balaban J connectivity index is 2.59. The van der Waals surface area contributed by atoms with E-state index in [1.807, 2.05) is 0 Å². The van der Waals surface area contributed by atoms with Gasteiger partial charge in [-0.05, 0) is 25.7 Å². The molecule has 0 aliphatic carbocycles. The second-order valence-corrected chi connectivity index (χ2v) is 4.50. The molecule has 1 heterocycles. The minimum absolute atomic E-state index is 0.401. The SMILES string of the molecule is CCCOC1(OCCC)CCCN1CCC. The number of hydrogen-bond acceptors (Lipinski definition) is 3. The highest BCUT2D eigenvalue weighted by molar-refractivity contribution is 4.80. The van der Waals surface area contributed by atoms with Crippen LogP contribution in [0.15, 0.2) is 0 Å². The summed E-state index contributed by atoms with van der Waals surface area (Å²) < 4.78 is 12.0. The zero-order chi connectivity index (χ0) is 11.9. The van der Waals surface area contributed by atoms with Crippen LogP contribution in [-0.4, -0.2) is 37.1 Å². The van der Waals surface area contributed by atoms with Crippen molar-refractivity contribution in [3.05, 3.63) is 0 Å². The van der Waals surface area contributed by atoms with Crippen LogP contribution >= 0.6 is 0 Å². The summed E-state index contributed by atoms with van der Waals surface area (Å²) in [6.07, 6.45) is 5.47. The molecule has 0 aromatic rings. The summed E-state index contributed by atoms with van der Waals surface area (Å²) in [5.74, 6) is -0.401. The molecule has 1 aliphatic rings. The average molecular weight is 229 g/mol. The fourth-order valence-electron chi connectivity index (χ4n) is 2.27. The molecule has 0 atom stereocenters. The van der Waals surface area contributed by atoms with E-state index in [0.717, 1.165) is 52.0 Å². The minimum Gasteiger partial charge on any atom is -0.337 e. The number of hydrogen-bond donors (Lipinski definition) is 0. The van der Waals surface area contributed by atoms with Crippen LogP contribution in [0.4, 0.5) is 0 Å². The number of likely N-dealkylation sites (tertiary alicyclic amines) is 1. The Morgan fingerprint density at radius 2 is 1.62 bits per heavy atom. The summed E-state index contributed by atoms with van der Waals surface area (Å²) in [5.41, 5.74) is 0. The van der Waals surface area contributed by atoms with Crippen LogP contribution in [0, 0.1) is 0 Å². The van der Waals surface area contributed by atoms with Crippen molar-refractivity contribution in [2.24, 2.45) is 0 Å². The molecular formula is C13H27NO2. The lowest BCUT2D eigenvalue weighted by molar-refractivity contribution is -0.303. The second-order valence-electron chi connectivity index (χ2n) is 4.50. The maximum absolute atomic E-state index is 6.01. The Labute approximate surface area is 100 Å². The molecule has 0 bridgehead atoms. The van der Waals surface area contributed by atoms with E-state index in [2.05, 4.69) is 25.7 Å². The largest absolute Gasteiger partial charge is 0.337 e. The van der Waals surface area contributed by atoms with Gasteiger partial charge in [0.25, 0.3) is 0 Å². The maximum atomic E-state index is 6.01. The summed E-state index contributed by atoms with van der Waals surface area (Å²) in [4.78, 5) is 2.37. The molecule has 0 radical (unpaired) electrons. The van der Waals surface area contributed by atoms with Gasteiger partial charge in [0.15, 0.2) is 0 Å². The highest BCUT2D eigenvalue weighted by atomic mass is 16.7. The van der Waals surface area contributed by atoms with Gasteiger partial charge in [0.05, 0.1) is 13.2 Å². The molecule has 1 aliphatic heterocycles. The molecule has 0 aromatic heterocycles. The van der Waals surface area contributed by atoms with Crippen LogP contribution < -0.4 is 0 Å². The summed E-state index contributed by atoms with van der Waals surface area (Å²) in [5, 5.41) is 0. The van der Waals surface area contributed by atoms with Gasteiger partial charge in [-0.15, -0.1) is 0 Å². The normalized spacial score (nSPS) is 20.4. The number of ether oxygens (including phenoxy) is 2. The number of rotatable bonds is 8. The monoisotopic (exact) mass is 229 g/mol. The van der Waals surface area contributed by atoms with Gasteiger partial charge in [-0.2, -0.15) is 0 Å². The molecular weight excluding hydrogens is 202 g/mol. The third kappa shape index (κ3) is 3.44. The molecule has 0 N–H and O–H groups in total. The van der Waals surface area contributed by atoms with E-state index < -0.39 is 5.91 Å². The molecule has 96 valence electrons. The molecule has 0 unspecified atom stereocenters. The van der Waals surface area contributed by atoms with Gasteiger partial charge in [-0.25, -0.2) is 0 Å². The Morgan fingerprint density at radius 3 is 2.12 bits per heavy atom. The van der Waals surface area contributed by atoms with Crippen LogP contribution in [0.3, 0.4) is 0 Å². The lowest BCUT2D eigenvalue weighted by Gasteiger charge is -2.37. The van der Waals surface area contributed by atoms with Crippen molar-refractivity contribution in [2.75, 3.05) is 26.3 Å². The van der Waals surface area contributed by atoms with Crippen molar-refractivity contribution in [3.63, 3.8) is 0 Å². The Bertz CT molecular complexity index is 177.